The number of carbonyl (C=O) groups excluding carboxylic acids is 2. The van der Waals surface area contributed by atoms with Gasteiger partial charge in [-0.25, -0.2) is 0 Å². The highest BCUT2D eigenvalue weighted by Crippen LogP contribution is 2.11. The Labute approximate surface area is 115 Å². The summed E-state index contributed by atoms with van der Waals surface area (Å²) in [7, 11) is 0. The summed E-state index contributed by atoms with van der Waals surface area (Å²) in [5.41, 5.74) is 5.52. The van der Waals surface area contributed by atoms with E-state index in [9.17, 15) is 22.8 Å². The summed E-state index contributed by atoms with van der Waals surface area (Å²) in [6, 6.07) is -0.764. The maximum atomic E-state index is 11.8. The zero-order valence-electron chi connectivity index (χ0n) is 10.7. The lowest BCUT2D eigenvalue weighted by Gasteiger charge is -2.14. The summed E-state index contributed by atoms with van der Waals surface area (Å²) in [6.45, 7) is 1.83. The zero-order chi connectivity index (χ0) is 14.3. The number of nitrogens with one attached hydrogen (secondary N) is 2. The number of hydrogen-bond donors (Lipinski definition) is 3. The predicted octanol–water partition coefficient (Wildman–Crippen LogP) is 0.576. The van der Waals surface area contributed by atoms with Gasteiger partial charge in [0, 0.05) is 0 Å². The Balaban J connectivity index is 0. The van der Waals surface area contributed by atoms with Gasteiger partial charge < -0.3 is 16.4 Å². The molecule has 0 unspecified atom stereocenters. The normalized spacial score (nSPS) is 12.6. The van der Waals surface area contributed by atoms with E-state index in [1.54, 1.807) is 5.32 Å². The van der Waals surface area contributed by atoms with Crippen LogP contribution in [0.2, 0.25) is 0 Å². The number of carbonyl (C=O) groups is 2. The Morgan fingerprint density at radius 1 is 1.21 bits per heavy atom. The Hall–Kier alpha value is -1.02. The van der Waals surface area contributed by atoms with Crippen molar-refractivity contribution in [2.45, 2.75) is 32.5 Å². The summed E-state index contributed by atoms with van der Waals surface area (Å²) in [6.07, 6.45) is -4.02. The van der Waals surface area contributed by atoms with Crippen LogP contribution in [-0.4, -0.2) is 37.1 Å². The molecule has 1 atom stereocenters. The minimum atomic E-state index is -4.46. The van der Waals surface area contributed by atoms with Gasteiger partial charge in [-0.3, -0.25) is 9.59 Å². The van der Waals surface area contributed by atoms with E-state index in [1.165, 1.54) is 0 Å². The molecule has 0 bridgehead atoms. The second kappa shape index (κ2) is 8.98. The minimum Gasteiger partial charge on any atom is -0.346 e. The first kappa shape index (κ1) is 20.3. The van der Waals surface area contributed by atoms with E-state index in [0.29, 0.717) is 6.42 Å². The van der Waals surface area contributed by atoms with Crippen LogP contribution in [0.1, 0.15) is 20.3 Å². The number of amides is 2. The molecule has 0 aromatic rings. The highest BCUT2D eigenvalue weighted by Gasteiger charge is 2.27. The molecule has 19 heavy (non-hydrogen) atoms. The Bertz CT molecular complexity index is 298. The molecule has 0 saturated heterocycles. The molecule has 2 amide bonds. The highest BCUT2D eigenvalue weighted by molar-refractivity contribution is 5.87. The lowest BCUT2D eigenvalue weighted by atomic mass is 10.0. The van der Waals surface area contributed by atoms with Crippen molar-refractivity contribution in [3.63, 3.8) is 0 Å². The van der Waals surface area contributed by atoms with Crippen LogP contribution in [0.3, 0.4) is 0 Å². The van der Waals surface area contributed by atoms with Crippen LogP contribution in [0.25, 0.3) is 0 Å². The van der Waals surface area contributed by atoms with E-state index in [1.807, 2.05) is 13.8 Å². The lowest BCUT2D eigenvalue weighted by molar-refractivity contribution is -0.138. The van der Waals surface area contributed by atoms with Crippen molar-refractivity contribution in [3.05, 3.63) is 0 Å². The second-order valence-corrected chi connectivity index (χ2v) is 4.35. The van der Waals surface area contributed by atoms with E-state index in [-0.39, 0.29) is 18.3 Å². The topological polar surface area (TPSA) is 84.2 Å². The predicted molar refractivity (Wildman–Crippen MR) is 66.8 cm³/mol. The summed E-state index contributed by atoms with van der Waals surface area (Å²) in [5.74, 6) is -1.24. The molecule has 4 N–H and O–H groups in total. The molecule has 0 aromatic heterocycles. The van der Waals surface area contributed by atoms with Crippen molar-refractivity contribution >= 4 is 24.2 Å². The van der Waals surface area contributed by atoms with Gasteiger partial charge in [0.1, 0.15) is 6.54 Å². The second-order valence-electron chi connectivity index (χ2n) is 4.35. The van der Waals surface area contributed by atoms with E-state index in [4.69, 9.17) is 5.73 Å². The van der Waals surface area contributed by atoms with Crippen LogP contribution in [0.15, 0.2) is 0 Å². The maximum absolute atomic E-state index is 11.8. The van der Waals surface area contributed by atoms with Crippen LogP contribution in [-0.2, 0) is 9.59 Å². The van der Waals surface area contributed by atoms with Crippen molar-refractivity contribution in [2.75, 3.05) is 13.1 Å². The molecule has 0 radical (unpaired) electrons. The molecule has 9 heteroatoms. The summed E-state index contributed by atoms with van der Waals surface area (Å²) in [4.78, 5) is 22.3. The number of halogens is 4. The van der Waals surface area contributed by atoms with Crippen molar-refractivity contribution in [3.8, 4) is 0 Å². The third-order valence-electron chi connectivity index (χ3n) is 1.97. The van der Waals surface area contributed by atoms with Crippen molar-refractivity contribution in [1.82, 2.24) is 10.6 Å². The highest BCUT2D eigenvalue weighted by atomic mass is 35.5. The average Bonchev–Trinajstić information content (AvgIpc) is 2.20. The fourth-order valence-electron chi connectivity index (χ4n) is 1.17. The minimum absolute atomic E-state index is 0. The number of rotatable bonds is 6. The number of nitrogens with two attached hydrogens (primary N) is 1. The van der Waals surface area contributed by atoms with E-state index in [0.717, 1.165) is 0 Å². The Kier molecular flexibility index (Phi) is 9.59. The molecular weight excluding hydrogens is 287 g/mol. The smallest absolute Gasteiger partial charge is 0.346 e. The third kappa shape index (κ3) is 11.8. The van der Waals surface area contributed by atoms with Crippen LogP contribution in [0.4, 0.5) is 13.2 Å². The van der Waals surface area contributed by atoms with Gasteiger partial charge in [0.15, 0.2) is 0 Å². The average molecular weight is 306 g/mol. The van der Waals surface area contributed by atoms with Crippen molar-refractivity contribution < 1.29 is 22.8 Å². The molecule has 0 fully saturated rings. The van der Waals surface area contributed by atoms with Gasteiger partial charge in [0.05, 0.1) is 12.6 Å². The van der Waals surface area contributed by atoms with Gasteiger partial charge in [0.2, 0.25) is 11.8 Å². The standard InChI is InChI=1S/C10H18F3N3O2.ClH/c1-6(2)3-7(14)9(18)15-4-8(17)16-5-10(11,12)13;/h6-7H,3-5,14H2,1-2H3,(H,15,18)(H,16,17);1H/t7-;/m0./s1. The fraction of sp³-hybridized carbons (Fsp3) is 0.800. The maximum Gasteiger partial charge on any atom is 0.405 e. The Morgan fingerprint density at radius 3 is 2.16 bits per heavy atom. The van der Waals surface area contributed by atoms with Crippen LogP contribution in [0, 0.1) is 5.92 Å². The monoisotopic (exact) mass is 305 g/mol. The quantitative estimate of drug-likeness (QED) is 0.671. The number of hydrogen-bond acceptors (Lipinski definition) is 3. The van der Waals surface area contributed by atoms with E-state index >= 15 is 0 Å². The molecular formula is C10H19ClF3N3O2. The first-order valence-corrected chi connectivity index (χ1v) is 5.48. The largest absolute Gasteiger partial charge is 0.405 e. The Morgan fingerprint density at radius 2 is 1.74 bits per heavy atom. The third-order valence-corrected chi connectivity index (χ3v) is 1.97. The fourth-order valence-corrected chi connectivity index (χ4v) is 1.17. The lowest BCUT2D eigenvalue weighted by Crippen LogP contribution is -2.46. The molecule has 0 aliphatic rings. The molecule has 0 aliphatic carbocycles. The van der Waals surface area contributed by atoms with Crippen LogP contribution < -0.4 is 16.4 Å². The van der Waals surface area contributed by atoms with Crippen LogP contribution >= 0.6 is 12.4 Å². The summed E-state index contributed by atoms with van der Waals surface area (Å²) in [5, 5.41) is 3.82. The first-order chi connectivity index (χ1) is 8.11. The van der Waals surface area contributed by atoms with Crippen LogP contribution in [0.5, 0.6) is 0 Å². The number of alkyl halides is 3. The molecule has 0 rings (SSSR count). The zero-order valence-corrected chi connectivity index (χ0v) is 11.5. The summed E-state index contributed by atoms with van der Waals surface area (Å²) >= 11 is 0. The molecule has 0 spiro atoms. The van der Waals surface area contributed by atoms with Crippen molar-refractivity contribution in [1.29, 1.82) is 0 Å². The summed E-state index contributed by atoms with van der Waals surface area (Å²) < 4.78 is 35.3. The molecule has 5 nitrogen and oxygen atoms in total. The molecule has 0 aliphatic heterocycles. The van der Waals surface area contributed by atoms with Gasteiger partial charge in [-0.05, 0) is 12.3 Å². The van der Waals surface area contributed by atoms with E-state index < -0.39 is 37.1 Å². The molecule has 0 saturated carbocycles. The molecule has 0 aromatic carbocycles. The van der Waals surface area contributed by atoms with Gasteiger partial charge in [-0.2, -0.15) is 13.2 Å². The van der Waals surface area contributed by atoms with E-state index in [2.05, 4.69) is 5.32 Å². The first-order valence-electron chi connectivity index (χ1n) is 5.48. The van der Waals surface area contributed by atoms with Crippen molar-refractivity contribution in [2.24, 2.45) is 11.7 Å². The molecule has 0 heterocycles. The van der Waals surface area contributed by atoms with Gasteiger partial charge in [-0.15, -0.1) is 12.4 Å². The SMILES string of the molecule is CC(C)C[C@H](N)C(=O)NCC(=O)NCC(F)(F)F.Cl. The van der Waals surface area contributed by atoms with Gasteiger partial charge in [-0.1, -0.05) is 13.8 Å². The molecule has 114 valence electrons. The van der Waals surface area contributed by atoms with Gasteiger partial charge in [0.25, 0.3) is 0 Å². The van der Waals surface area contributed by atoms with Gasteiger partial charge >= 0.3 is 6.18 Å².